The van der Waals surface area contributed by atoms with E-state index >= 15 is 0 Å². The van der Waals surface area contributed by atoms with Gasteiger partial charge in [-0.25, -0.2) is 9.07 Å². The Kier molecular flexibility index (Phi) is 3.53. The van der Waals surface area contributed by atoms with Crippen molar-refractivity contribution in [3.05, 3.63) is 52.1 Å². The van der Waals surface area contributed by atoms with E-state index in [-0.39, 0.29) is 11.4 Å². The van der Waals surface area contributed by atoms with Crippen molar-refractivity contribution in [3.8, 4) is 11.3 Å². The lowest BCUT2D eigenvalue weighted by molar-refractivity contribution is 0.590. The van der Waals surface area contributed by atoms with Crippen molar-refractivity contribution in [2.24, 2.45) is 5.73 Å². The van der Waals surface area contributed by atoms with Crippen LogP contribution in [0.25, 0.3) is 11.3 Å². The van der Waals surface area contributed by atoms with Crippen LogP contribution in [0.15, 0.2) is 35.1 Å². The van der Waals surface area contributed by atoms with Crippen LogP contribution >= 0.6 is 0 Å². The van der Waals surface area contributed by atoms with E-state index in [4.69, 9.17) is 5.73 Å². The fourth-order valence-electron chi connectivity index (χ4n) is 1.69. The molecule has 0 bridgehead atoms. The second-order valence-electron chi connectivity index (χ2n) is 4.03. The Hall–Kier alpha value is -2.01. The van der Waals surface area contributed by atoms with Gasteiger partial charge in [0.1, 0.15) is 5.82 Å². The Balaban J connectivity index is 2.47. The SMILES string of the molecule is Cc1cc(-c2ccc(=O)n(CCN)n2)ccc1F. The maximum Gasteiger partial charge on any atom is 0.266 e. The monoisotopic (exact) mass is 247 g/mol. The van der Waals surface area contributed by atoms with Crippen molar-refractivity contribution in [2.75, 3.05) is 6.54 Å². The lowest BCUT2D eigenvalue weighted by Gasteiger charge is -2.06. The summed E-state index contributed by atoms with van der Waals surface area (Å²) in [5, 5.41) is 4.20. The molecule has 0 saturated heterocycles. The van der Waals surface area contributed by atoms with Gasteiger partial charge in [0.2, 0.25) is 0 Å². The zero-order chi connectivity index (χ0) is 13.1. The normalized spacial score (nSPS) is 10.6. The van der Waals surface area contributed by atoms with E-state index in [0.717, 1.165) is 5.56 Å². The molecule has 2 rings (SSSR count). The largest absolute Gasteiger partial charge is 0.329 e. The summed E-state index contributed by atoms with van der Waals surface area (Å²) in [4.78, 5) is 11.5. The number of nitrogens with zero attached hydrogens (tertiary/aromatic N) is 2. The number of benzene rings is 1. The van der Waals surface area contributed by atoms with E-state index in [1.165, 1.54) is 16.8 Å². The molecule has 2 aromatic rings. The maximum atomic E-state index is 13.2. The molecular weight excluding hydrogens is 233 g/mol. The number of hydrogen-bond acceptors (Lipinski definition) is 3. The molecule has 18 heavy (non-hydrogen) atoms. The molecule has 2 N–H and O–H groups in total. The van der Waals surface area contributed by atoms with Crippen LogP contribution in [0.5, 0.6) is 0 Å². The average molecular weight is 247 g/mol. The first-order valence-corrected chi connectivity index (χ1v) is 5.66. The summed E-state index contributed by atoms with van der Waals surface area (Å²) in [6, 6.07) is 7.81. The van der Waals surface area contributed by atoms with Crippen molar-refractivity contribution < 1.29 is 4.39 Å². The van der Waals surface area contributed by atoms with Gasteiger partial charge in [-0.2, -0.15) is 5.10 Å². The number of aromatic nitrogens is 2. The molecule has 0 unspecified atom stereocenters. The Morgan fingerprint density at radius 1 is 1.33 bits per heavy atom. The van der Waals surface area contributed by atoms with Gasteiger partial charge in [-0.3, -0.25) is 4.79 Å². The van der Waals surface area contributed by atoms with Crippen LogP contribution in [-0.2, 0) is 6.54 Å². The van der Waals surface area contributed by atoms with Gasteiger partial charge in [0.05, 0.1) is 12.2 Å². The van der Waals surface area contributed by atoms with Crippen molar-refractivity contribution in [1.82, 2.24) is 9.78 Å². The smallest absolute Gasteiger partial charge is 0.266 e. The van der Waals surface area contributed by atoms with Crippen molar-refractivity contribution in [1.29, 1.82) is 0 Å². The molecule has 0 atom stereocenters. The zero-order valence-electron chi connectivity index (χ0n) is 10.1. The van der Waals surface area contributed by atoms with Crippen LogP contribution in [0.1, 0.15) is 5.56 Å². The standard InChI is InChI=1S/C13H14FN3O/c1-9-8-10(2-3-11(9)14)12-4-5-13(18)17(16-12)7-6-15/h2-5,8H,6-7,15H2,1H3. The van der Waals surface area contributed by atoms with Gasteiger partial charge in [0.15, 0.2) is 0 Å². The third-order valence-corrected chi connectivity index (χ3v) is 2.66. The van der Waals surface area contributed by atoms with Crippen LogP contribution in [0.3, 0.4) is 0 Å². The first kappa shape index (κ1) is 12.4. The number of nitrogens with two attached hydrogens (primary N) is 1. The molecule has 0 saturated carbocycles. The number of aryl methyl sites for hydroxylation is 1. The van der Waals surface area contributed by atoms with E-state index in [2.05, 4.69) is 5.10 Å². The third-order valence-electron chi connectivity index (χ3n) is 2.66. The van der Waals surface area contributed by atoms with Gasteiger partial charge >= 0.3 is 0 Å². The molecule has 94 valence electrons. The maximum absolute atomic E-state index is 13.2. The Morgan fingerprint density at radius 3 is 2.78 bits per heavy atom. The van der Waals surface area contributed by atoms with Crippen molar-refractivity contribution in [2.45, 2.75) is 13.5 Å². The molecule has 0 amide bonds. The molecule has 1 heterocycles. The van der Waals surface area contributed by atoms with E-state index in [1.54, 1.807) is 25.1 Å². The summed E-state index contributed by atoms with van der Waals surface area (Å²) in [7, 11) is 0. The van der Waals surface area contributed by atoms with Crippen molar-refractivity contribution in [3.63, 3.8) is 0 Å². The highest BCUT2D eigenvalue weighted by Gasteiger charge is 2.05. The first-order valence-electron chi connectivity index (χ1n) is 5.66. The molecule has 0 fully saturated rings. The third kappa shape index (κ3) is 2.46. The van der Waals surface area contributed by atoms with Crippen LogP contribution in [0.4, 0.5) is 4.39 Å². The predicted molar refractivity (Wildman–Crippen MR) is 67.7 cm³/mol. The molecule has 1 aromatic carbocycles. The average Bonchev–Trinajstić information content (AvgIpc) is 2.36. The van der Waals surface area contributed by atoms with Gasteiger partial charge in [-0.1, -0.05) is 0 Å². The second kappa shape index (κ2) is 5.10. The van der Waals surface area contributed by atoms with Crippen LogP contribution < -0.4 is 11.3 Å². The summed E-state index contributed by atoms with van der Waals surface area (Å²) in [6.07, 6.45) is 0. The minimum absolute atomic E-state index is 0.192. The number of hydrogen-bond donors (Lipinski definition) is 1. The van der Waals surface area contributed by atoms with Gasteiger partial charge in [0.25, 0.3) is 5.56 Å². The lowest BCUT2D eigenvalue weighted by Crippen LogP contribution is -2.25. The molecule has 1 aromatic heterocycles. The minimum Gasteiger partial charge on any atom is -0.329 e. The molecular formula is C13H14FN3O. The lowest BCUT2D eigenvalue weighted by atomic mass is 10.1. The predicted octanol–water partition coefficient (Wildman–Crippen LogP) is 1.32. The van der Waals surface area contributed by atoms with Crippen LogP contribution in [-0.4, -0.2) is 16.3 Å². The van der Waals surface area contributed by atoms with E-state index < -0.39 is 0 Å². The molecule has 0 aliphatic rings. The Morgan fingerprint density at radius 2 is 2.11 bits per heavy atom. The van der Waals surface area contributed by atoms with Gasteiger partial charge < -0.3 is 5.73 Å². The molecule has 0 aliphatic carbocycles. The van der Waals surface area contributed by atoms with Gasteiger partial charge in [0, 0.05) is 18.2 Å². The summed E-state index contributed by atoms with van der Waals surface area (Å²) in [6.45, 7) is 2.40. The molecule has 0 radical (unpaired) electrons. The quantitative estimate of drug-likeness (QED) is 0.889. The van der Waals surface area contributed by atoms with Gasteiger partial charge in [-0.05, 0) is 36.8 Å². The fraction of sp³-hybridized carbons (Fsp3) is 0.231. The molecule has 4 nitrogen and oxygen atoms in total. The number of rotatable bonds is 3. The van der Waals surface area contributed by atoms with Gasteiger partial charge in [-0.15, -0.1) is 0 Å². The highest BCUT2D eigenvalue weighted by atomic mass is 19.1. The molecule has 0 spiro atoms. The minimum atomic E-state index is -0.256. The topological polar surface area (TPSA) is 60.9 Å². The second-order valence-corrected chi connectivity index (χ2v) is 4.03. The van der Waals surface area contributed by atoms with Crippen molar-refractivity contribution >= 4 is 0 Å². The van der Waals surface area contributed by atoms with E-state index in [1.807, 2.05) is 0 Å². The number of halogens is 1. The van der Waals surface area contributed by atoms with Crippen LogP contribution in [0.2, 0.25) is 0 Å². The molecule has 0 aliphatic heterocycles. The van der Waals surface area contributed by atoms with Crippen LogP contribution in [0, 0.1) is 12.7 Å². The first-order chi connectivity index (χ1) is 8.61. The Labute approximate surface area is 104 Å². The Bertz CT molecular complexity index is 622. The summed E-state index contributed by atoms with van der Waals surface area (Å²) >= 11 is 0. The summed E-state index contributed by atoms with van der Waals surface area (Å²) in [5.41, 5.74) is 7.18. The highest BCUT2D eigenvalue weighted by molar-refractivity contribution is 5.59. The summed E-state index contributed by atoms with van der Waals surface area (Å²) < 4.78 is 14.5. The highest BCUT2D eigenvalue weighted by Crippen LogP contribution is 2.18. The van der Waals surface area contributed by atoms with E-state index in [0.29, 0.717) is 24.3 Å². The molecule has 5 heteroatoms. The summed E-state index contributed by atoms with van der Waals surface area (Å²) in [5.74, 6) is -0.256. The zero-order valence-corrected chi connectivity index (χ0v) is 10.1. The van der Waals surface area contributed by atoms with E-state index in [9.17, 15) is 9.18 Å². The fourth-order valence-corrected chi connectivity index (χ4v) is 1.69.